The van der Waals surface area contributed by atoms with E-state index in [0.29, 0.717) is 11.3 Å². The fourth-order valence-electron chi connectivity index (χ4n) is 2.52. The fraction of sp³-hybridized carbons (Fsp3) is 0.0952. The van der Waals surface area contributed by atoms with Crippen LogP contribution < -0.4 is 9.47 Å². The molecule has 0 bridgehead atoms. The van der Waals surface area contributed by atoms with E-state index in [9.17, 15) is 4.79 Å². The monoisotopic (exact) mass is 318 g/mol. The van der Waals surface area contributed by atoms with Crippen molar-refractivity contribution < 1.29 is 14.3 Å². The van der Waals surface area contributed by atoms with Crippen LogP contribution in [0, 0.1) is 0 Å². The second kappa shape index (κ2) is 7.01. The SMILES string of the molecule is COc1cccc(C(=O)/C=C/c2ccc3cc(OC)ccc3c2)c1. The van der Waals surface area contributed by atoms with Crippen molar-refractivity contribution in [3.8, 4) is 11.5 Å². The molecule has 0 N–H and O–H groups in total. The zero-order valence-corrected chi connectivity index (χ0v) is 13.7. The first-order chi connectivity index (χ1) is 11.7. The molecule has 0 fully saturated rings. The van der Waals surface area contributed by atoms with Crippen molar-refractivity contribution in [2.45, 2.75) is 0 Å². The lowest BCUT2D eigenvalue weighted by atomic mass is 10.0. The van der Waals surface area contributed by atoms with Crippen LogP contribution in [0.25, 0.3) is 16.8 Å². The van der Waals surface area contributed by atoms with E-state index in [1.165, 1.54) is 0 Å². The Morgan fingerprint density at radius 2 is 1.54 bits per heavy atom. The molecule has 0 radical (unpaired) electrons. The number of ether oxygens (including phenoxy) is 2. The highest BCUT2D eigenvalue weighted by molar-refractivity contribution is 6.07. The first-order valence-corrected chi connectivity index (χ1v) is 7.64. The molecule has 3 rings (SSSR count). The van der Waals surface area contributed by atoms with E-state index in [1.807, 2.05) is 54.6 Å². The largest absolute Gasteiger partial charge is 0.497 e. The highest BCUT2D eigenvalue weighted by Crippen LogP contribution is 2.22. The summed E-state index contributed by atoms with van der Waals surface area (Å²) in [5, 5.41) is 2.21. The number of hydrogen-bond acceptors (Lipinski definition) is 3. The molecule has 0 saturated carbocycles. The minimum absolute atomic E-state index is 0.0521. The van der Waals surface area contributed by atoms with E-state index in [4.69, 9.17) is 9.47 Å². The molecule has 3 aromatic carbocycles. The molecule has 0 aromatic heterocycles. The number of methoxy groups -OCH3 is 2. The van der Waals surface area contributed by atoms with E-state index < -0.39 is 0 Å². The standard InChI is InChI=1S/C21H18O3/c1-23-19-5-3-4-18(14-19)21(22)11-7-15-6-8-17-13-20(24-2)10-9-16(17)12-15/h3-14H,1-2H3/b11-7+. The van der Waals surface area contributed by atoms with Crippen molar-refractivity contribution in [2.75, 3.05) is 14.2 Å². The highest BCUT2D eigenvalue weighted by atomic mass is 16.5. The summed E-state index contributed by atoms with van der Waals surface area (Å²) in [5.41, 5.74) is 1.58. The number of fused-ring (bicyclic) bond motifs is 1. The van der Waals surface area contributed by atoms with Crippen LogP contribution in [0.4, 0.5) is 0 Å². The number of ketones is 1. The van der Waals surface area contributed by atoms with Gasteiger partial charge in [-0.05, 0) is 52.7 Å². The van der Waals surface area contributed by atoms with Gasteiger partial charge in [-0.2, -0.15) is 0 Å². The van der Waals surface area contributed by atoms with E-state index in [2.05, 4.69) is 0 Å². The molecule has 0 aliphatic heterocycles. The average Bonchev–Trinajstić information content (AvgIpc) is 2.65. The van der Waals surface area contributed by atoms with Gasteiger partial charge in [-0.1, -0.05) is 36.4 Å². The van der Waals surface area contributed by atoms with E-state index in [0.717, 1.165) is 22.1 Å². The average molecular weight is 318 g/mol. The predicted molar refractivity (Wildman–Crippen MR) is 96.9 cm³/mol. The topological polar surface area (TPSA) is 35.5 Å². The lowest BCUT2D eigenvalue weighted by molar-refractivity contribution is 0.104. The van der Waals surface area contributed by atoms with Crippen molar-refractivity contribution in [1.82, 2.24) is 0 Å². The van der Waals surface area contributed by atoms with Crippen LogP contribution in [-0.2, 0) is 0 Å². The Hall–Kier alpha value is -3.07. The quantitative estimate of drug-likeness (QED) is 0.503. The van der Waals surface area contributed by atoms with Crippen LogP contribution >= 0.6 is 0 Å². The maximum Gasteiger partial charge on any atom is 0.185 e. The van der Waals surface area contributed by atoms with Crippen LogP contribution in [0.1, 0.15) is 15.9 Å². The normalized spacial score (nSPS) is 10.9. The Balaban J connectivity index is 1.83. The van der Waals surface area contributed by atoms with E-state index in [1.54, 1.807) is 32.4 Å². The third kappa shape index (κ3) is 3.46. The highest BCUT2D eigenvalue weighted by Gasteiger charge is 2.03. The molecule has 0 heterocycles. The van der Waals surface area contributed by atoms with Gasteiger partial charge in [0.15, 0.2) is 5.78 Å². The molecule has 0 saturated heterocycles. The maximum absolute atomic E-state index is 12.3. The van der Waals surface area contributed by atoms with Crippen LogP contribution in [0.5, 0.6) is 11.5 Å². The third-order valence-corrected chi connectivity index (χ3v) is 3.85. The summed E-state index contributed by atoms with van der Waals surface area (Å²) in [6, 6.07) is 19.1. The van der Waals surface area contributed by atoms with Gasteiger partial charge in [0.2, 0.25) is 0 Å². The van der Waals surface area contributed by atoms with Gasteiger partial charge in [-0.3, -0.25) is 4.79 Å². The van der Waals surface area contributed by atoms with Crippen molar-refractivity contribution in [3.05, 3.63) is 77.9 Å². The number of carbonyl (C=O) groups excluding carboxylic acids is 1. The summed E-state index contributed by atoms with van der Waals surface area (Å²) in [7, 11) is 3.24. The van der Waals surface area contributed by atoms with Gasteiger partial charge in [0.1, 0.15) is 11.5 Å². The number of rotatable bonds is 5. The van der Waals surface area contributed by atoms with Crippen molar-refractivity contribution >= 4 is 22.6 Å². The zero-order valence-electron chi connectivity index (χ0n) is 13.7. The van der Waals surface area contributed by atoms with Crippen molar-refractivity contribution in [2.24, 2.45) is 0 Å². The second-order valence-electron chi connectivity index (χ2n) is 5.40. The molecular formula is C21H18O3. The molecule has 3 aromatic rings. The molecule has 0 aliphatic carbocycles. The first-order valence-electron chi connectivity index (χ1n) is 7.64. The van der Waals surface area contributed by atoms with Crippen LogP contribution in [0.15, 0.2) is 66.7 Å². The van der Waals surface area contributed by atoms with Crippen LogP contribution in [0.2, 0.25) is 0 Å². The Morgan fingerprint density at radius 1 is 0.833 bits per heavy atom. The lowest BCUT2D eigenvalue weighted by Crippen LogP contribution is -1.94. The van der Waals surface area contributed by atoms with Gasteiger partial charge in [0, 0.05) is 5.56 Å². The third-order valence-electron chi connectivity index (χ3n) is 3.85. The molecule has 0 spiro atoms. The molecule has 0 aliphatic rings. The van der Waals surface area contributed by atoms with Crippen molar-refractivity contribution in [3.63, 3.8) is 0 Å². The zero-order chi connectivity index (χ0) is 16.9. The van der Waals surface area contributed by atoms with Crippen molar-refractivity contribution in [1.29, 1.82) is 0 Å². The van der Waals surface area contributed by atoms with Crippen LogP contribution in [0.3, 0.4) is 0 Å². The summed E-state index contributed by atoms with van der Waals surface area (Å²) >= 11 is 0. The Morgan fingerprint density at radius 3 is 2.33 bits per heavy atom. The Labute approximate surface area is 141 Å². The lowest BCUT2D eigenvalue weighted by Gasteiger charge is -2.04. The molecule has 0 unspecified atom stereocenters. The molecule has 24 heavy (non-hydrogen) atoms. The molecule has 120 valence electrons. The Bertz CT molecular complexity index is 910. The minimum Gasteiger partial charge on any atom is -0.497 e. The fourth-order valence-corrected chi connectivity index (χ4v) is 2.52. The summed E-state index contributed by atoms with van der Waals surface area (Å²) in [6.07, 6.45) is 3.41. The number of hydrogen-bond donors (Lipinski definition) is 0. The summed E-state index contributed by atoms with van der Waals surface area (Å²) in [4.78, 5) is 12.3. The Kier molecular flexibility index (Phi) is 4.62. The molecule has 0 amide bonds. The van der Waals surface area contributed by atoms with Gasteiger partial charge >= 0.3 is 0 Å². The van der Waals surface area contributed by atoms with E-state index in [-0.39, 0.29) is 5.78 Å². The summed E-state index contributed by atoms with van der Waals surface area (Å²) in [6.45, 7) is 0. The first kappa shape index (κ1) is 15.8. The molecule has 3 nitrogen and oxygen atoms in total. The number of benzene rings is 3. The number of carbonyl (C=O) groups is 1. The second-order valence-corrected chi connectivity index (χ2v) is 5.40. The number of allylic oxidation sites excluding steroid dienone is 1. The van der Waals surface area contributed by atoms with Gasteiger partial charge in [0.25, 0.3) is 0 Å². The minimum atomic E-state index is -0.0521. The molecule has 0 atom stereocenters. The summed E-state index contributed by atoms with van der Waals surface area (Å²) < 4.78 is 10.4. The summed E-state index contributed by atoms with van der Waals surface area (Å²) in [5.74, 6) is 1.46. The molecular weight excluding hydrogens is 300 g/mol. The van der Waals surface area contributed by atoms with Gasteiger partial charge < -0.3 is 9.47 Å². The van der Waals surface area contributed by atoms with Crippen LogP contribution in [-0.4, -0.2) is 20.0 Å². The van der Waals surface area contributed by atoms with E-state index >= 15 is 0 Å². The predicted octanol–water partition coefficient (Wildman–Crippen LogP) is 4.75. The molecule has 3 heteroatoms. The maximum atomic E-state index is 12.3. The van der Waals surface area contributed by atoms with Gasteiger partial charge in [0.05, 0.1) is 14.2 Å². The van der Waals surface area contributed by atoms with Gasteiger partial charge in [-0.15, -0.1) is 0 Å². The van der Waals surface area contributed by atoms with Gasteiger partial charge in [-0.25, -0.2) is 0 Å². The smallest absolute Gasteiger partial charge is 0.185 e.